The van der Waals surface area contributed by atoms with Crippen molar-refractivity contribution in [1.29, 1.82) is 0 Å². The number of phenolic OH excluding ortho intramolecular Hbond substituents is 2. The molecule has 5 nitrogen and oxygen atoms in total. The van der Waals surface area contributed by atoms with E-state index in [1.54, 1.807) is 0 Å². The van der Waals surface area contributed by atoms with E-state index in [-0.39, 0.29) is 17.4 Å². The van der Waals surface area contributed by atoms with Crippen molar-refractivity contribution in [1.82, 2.24) is 5.43 Å². The van der Waals surface area contributed by atoms with E-state index in [0.29, 0.717) is 12.0 Å². The molecule has 0 unspecified atom stereocenters. The summed E-state index contributed by atoms with van der Waals surface area (Å²) in [5, 5.41) is 22.5. The lowest BCUT2D eigenvalue weighted by atomic mass is 10.1. The minimum atomic E-state index is -0.176. The van der Waals surface area contributed by atoms with Crippen LogP contribution in [0, 0.1) is 0 Å². The minimum absolute atomic E-state index is 0.0282. The first-order chi connectivity index (χ1) is 10.6. The van der Waals surface area contributed by atoms with Crippen LogP contribution in [0.25, 0.3) is 0 Å². The van der Waals surface area contributed by atoms with Crippen LogP contribution in [0.2, 0.25) is 0 Å². The first-order valence-corrected chi connectivity index (χ1v) is 7.03. The number of phenols is 2. The molecule has 2 rings (SSSR count). The molecular formula is C17H18N2O3. The number of hydrogen-bond acceptors (Lipinski definition) is 4. The molecule has 0 aliphatic rings. The predicted molar refractivity (Wildman–Crippen MR) is 84.9 cm³/mol. The van der Waals surface area contributed by atoms with Crippen molar-refractivity contribution < 1.29 is 15.0 Å². The van der Waals surface area contributed by atoms with Gasteiger partial charge in [-0.2, -0.15) is 5.10 Å². The number of hydrazone groups is 1. The van der Waals surface area contributed by atoms with E-state index < -0.39 is 0 Å². The maximum atomic E-state index is 11.6. The number of benzene rings is 2. The fraction of sp³-hybridized carbons (Fsp3) is 0.176. The van der Waals surface area contributed by atoms with Crippen LogP contribution >= 0.6 is 0 Å². The first-order valence-electron chi connectivity index (χ1n) is 7.03. The summed E-state index contributed by atoms with van der Waals surface area (Å²) in [5.41, 5.74) is 4.04. The third-order valence-electron chi connectivity index (χ3n) is 3.12. The Morgan fingerprint density at radius 1 is 1.14 bits per heavy atom. The molecule has 0 bridgehead atoms. The zero-order chi connectivity index (χ0) is 15.8. The lowest BCUT2D eigenvalue weighted by Crippen LogP contribution is -2.17. The van der Waals surface area contributed by atoms with Gasteiger partial charge in [0.25, 0.3) is 0 Å². The second-order valence-corrected chi connectivity index (χ2v) is 4.88. The van der Waals surface area contributed by atoms with Gasteiger partial charge in [0.15, 0.2) is 0 Å². The normalized spacial score (nSPS) is 10.7. The van der Waals surface area contributed by atoms with Crippen LogP contribution in [-0.2, 0) is 11.2 Å². The van der Waals surface area contributed by atoms with Gasteiger partial charge in [0.1, 0.15) is 11.5 Å². The molecular weight excluding hydrogens is 280 g/mol. The van der Waals surface area contributed by atoms with Gasteiger partial charge < -0.3 is 10.2 Å². The highest BCUT2D eigenvalue weighted by Crippen LogP contribution is 2.20. The van der Waals surface area contributed by atoms with Gasteiger partial charge in [-0.3, -0.25) is 4.79 Å². The molecule has 2 aromatic carbocycles. The van der Waals surface area contributed by atoms with E-state index in [2.05, 4.69) is 10.5 Å². The summed E-state index contributed by atoms with van der Waals surface area (Å²) in [5.74, 6) is -0.299. The minimum Gasteiger partial charge on any atom is -0.508 e. The maximum absolute atomic E-state index is 11.6. The zero-order valence-corrected chi connectivity index (χ0v) is 12.1. The topological polar surface area (TPSA) is 81.9 Å². The molecule has 0 aliphatic carbocycles. The smallest absolute Gasteiger partial charge is 0.240 e. The number of nitrogens with zero attached hydrogens (tertiary/aromatic N) is 1. The second kappa shape index (κ2) is 7.83. The highest BCUT2D eigenvalue weighted by Gasteiger charge is 2.01. The fourth-order valence-corrected chi connectivity index (χ4v) is 1.97. The number of amides is 1. The Labute approximate surface area is 128 Å². The van der Waals surface area contributed by atoms with Crippen LogP contribution in [0.3, 0.4) is 0 Å². The molecule has 0 saturated carbocycles. The van der Waals surface area contributed by atoms with E-state index >= 15 is 0 Å². The van der Waals surface area contributed by atoms with E-state index in [4.69, 9.17) is 5.11 Å². The summed E-state index contributed by atoms with van der Waals surface area (Å²) in [6.07, 6.45) is 3.31. The van der Waals surface area contributed by atoms with Crippen molar-refractivity contribution in [2.75, 3.05) is 0 Å². The molecule has 0 saturated heterocycles. The molecule has 114 valence electrons. The molecule has 1 amide bonds. The Morgan fingerprint density at radius 3 is 2.64 bits per heavy atom. The molecule has 22 heavy (non-hydrogen) atoms. The SMILES string of the molecule is O=C(CCCc1ccccc1)N/N=C/c1ccc(O)cc1O. The molecule has 0 aliphatic heterocycles. The Kier molecular flexibility index (Phi) is 5.54. The summed E-state index contributed by atoms with van der Waals surface area (Å²) in [6.45, 7) is 0. The number of aryl methyl sites for hydroxylation is 1. The summed E-state index contributed by atoms with van der Waals surface area (Å²) < 4.78 is 0. The van der Waals surface area contributed by atoms with E-state index in [9.17, 15) is 9.90 Å². The Hall–Kier alpha value is -2.82. The summed E-state index contributed by atoms with van der Waals surface area (Å²) in [6, 6.07) is 14.1. The number of nitrogens with one attached hydrogen (secondary N) is 1. The largest absolute Gasteiger partial charge is 0.508 e. The van der Waals surface area contributed by atoms with Crippen molar-refractivity contribution in [2.45, 2.75) is 19.3 Å². The van der Waals surface area contributed by atoms with Crippen LogP contribution in [0.1, 0.15) is 24.0 Å². The number of carbonyl (C=O) groups is 1. The zero-order valence-electron chi connectivity index (χ0n) is 12.1. The van der Waals surface area contributed by atoms with Gasteiger partial charge in [-0.25, -0.2) is 5.43 Å². The van der Waals surface area contributed by atoms with Gasteiger partial charge >= 0.3 is 0 Å². The van der Waals surface area contributed by atoms with Gasteiger partial charge in [-0.1, -0.05) is 30.3 Å². The van der Waals surface area contributed by atoms with Crippen LogP contribution in [0.4, 0.5) is 0 Å². The Balaban J connectivity index is 1.74. The number of rotatable bonds is 6. The average Bonchev–Trinajstić information content (AvgIpc) is 2.50. The van der Waals surface area contributed by atoms with Crippen LogP contribution < -0.4 is 5.43 Å². The van der Waals surface area contributed by atoms with Gasteiger partial charge in [-0.15, -0.1) is 0 Å². The van der Waals surface area contributed by atoms with Gasteiger partial charge in [0, 0.05) is 18.1 Å². The quantitative estimate of drug-likeness (QED) is 0.566. The number of hydrogen-bond donors (Lipinski definition) is 3. The average molecular weight is 298 g/mol. The highest BCUT2D eigenvalue weighted by atomic mass is 16.3. The first kappa shape index (κ1) is 15.6. The fourth-order valence-electron chi connectivity index (χ4n) is 1.97. The molecule has 2 aromatic rings. The van der Waals surface area contributed by atoms with Crippen molar-refractivity contribution in [3.05, 3.63) is 59.7 Å². The maximum Gasteiger partial charge on any atom is 0.240 e. The van der Waals surface area contributed by atoms with Crippen molar-refractivity contribution in [2.24, 2.45) is 5.10 Å². The molecule has 5 heteroatoms. The molecule has 0 radical (unpaired) electrons. The van der Waals surface area contributed by atoms with Crippen molar-refractivity contribution >= 4 is 12.1 Å². The summed E-state index contributed by atoms with van der Waals surface area (Å²) >= 11 is 0. The van der Waals surface area contributed by atoms with E-state index in [0.717, 1.165) is 12.8 Å². The monoisotopic (exact) mass is 298 g/mol. The molecule has 0 aromatic heterocycles. The Bertz CT molecular complexity index is 654. The van der Waals surface area contributed by atoms with Gasteiger partial charge in [0.05, 0.1) is 6.21 Å². The van der Waals surface area contributed by atoms with Crippen molar-refractivity contribution in [3.63, 3.8) is 0 Å². The lowest BCUT2D eigenvalue weighted by molar-refractivity contribution is -0.121. The lowest BCUT2D eigenvalue weighted by Gasteiger charge is -2.02. The standard InChI is InChI=1S/C17H18N2O3/c20-15-10-9-14(16(21)11-15)12-18-19-17(22)8-4-7-13-5-2-1-3-6-13/h1-3,5-6,9-12,20-21H,4,7-8H2,(H,19,22)/b18-12+. The van der Waals surface area contributed by atoms with Crippen LogP contribution in [0.5, 0.6) is 11.5 Å². The van der Waals surface area contributed by atoms with Gasteiger partial charge in [-0.05, 0) is 30.5 Å². The molecule has 0 fully saturated rings. The molecule has 0 heterocycles. The molecule has 0 spiro atoms. The molecule has 3 N–H and O–H groups in total. The predicted octanol–water partition coefficient (Wildman–Crippen LogP) is 2.57. The van der Waals surface area contributed by atoms with Gasteiger partial charge in [0.2, 0.25) is 5.91 Å². The summed E-state index contributed by atoms with van der Waals surface area (Å²) in [4.78, 5) is 11.6. The third-order valence-corrected chi connectivity index (χ3v) is 3.12. The van der Waals surface area contributed by atoms with Crippen LogP contribution in [0.15, 0.2) is 53.6 Å². The number of carbonyl (C=O) groups excluding carboxylic acids is 1. The van der Waals surface area contributed by atoms with E-state index in [1.165, 1.54) is 30.0 Å². The second-order valence-electron chi connectivity index (χ2n) is 4.88. The summed E-state index contributed by atoms with van der Waals surface area (Å²) in [7, 11) is 0. The van der Waals surface area contributed by atoms with Crippen molar-refractivity contribution in [3.8, 4) is 11.5 Å². The third kappa shape index (κ3) is 4.94. The Morgan fingerprint density at radius 2 is 1.91 bits per heavy atom. The van der Waals surface area contributed by atoms with E-state index in [1.807, 2.05) is 30.3 Å². The number of aromatic hydroxyl groups is 2. The molecule has 0 atom stereocenters. The highest BCUT2D eigenvalue weighted by molar-refractivity contribution is 5.85. The van der Waals surface area contributed by atoms with Crippen LogP contribution in [-0.4, -0.2) is 22.3 Å².